The lowest BCUT2D eigenvalue weighted by Gasteiger charge is -2.17. The Balaban J connectivity index is 1.86. The van der Waals surface area contributed by atoms with E-state index in [4.69, 9.17) is 5.26 Å². The van der Waals surface area contributed by atoms with Crippen molar-refractivity contribution < 1.29 is 22.7 Å². The summed E-state index contributed by atoms with van der Waals surface area (Å²) in [4.78, 5) is 19.2. The summed E-state index contributed by atoms with van der Waals surface area (Å²) in [5.41, 5.74) is 1.93. The van der Waals surface area contributed by atoms with E-state index in [1.54, 1.807) is 24.3 Å². The number of benzene rings is 1. The second kappa shape index (κ2) is 6.39. The van der Waals surface area contributed by atoms with E-state index in [9.17, 15) is 18.0 Å². The van der Waals surface area contributed by atoms with Crippen LogP contribution in [0.3, 0.4) is 0 Å². The molecule has 1 aromatic heterocycles. The molecule has 0 bridgehead atoms. The number of carbonyl (C=O) groups is 1. The first-order chi connectivity index (χ1) is 11.9. The van der Waals surface area contributed by atoms with Crippen LogP contribution in [0.15, 0.2) is 30.6 Å². The van der Waals surface area contributed by atoms with Crippen LogP contribution in [0.25, 0.3) is 0 Å². The molecule has 0 saturated heterocycles. The van der Waals surface area contributed by atoms with Crippen molar-refractivity contribution >= 4 is 17.5 Å². The number of esters is 1. The number of rotatable bonds is 3. The molecule has 0 spiro atoms. The minimum Gasteiger partial charge on any atom is -0.451 e. The number of nitriles is 1. The summed E-state index contributed by atoms with van der Waals surface area (Å²) in [5.74, 6) is -1.97. The van der Waals surface area contributed by atoms with Gasteiger partial charge in [-0.25, -0.2) is 14.8 Å². The average Bonchev–Trinajstić information content (AvgIpc) is 2.99. The maximum atomic E-state index is 12.4. The third-order valence-corrected chi connectivity index (χ3v) is 3.69. The summed E-state index contributed by atoms with van der Waals surface area (Å²) in [6.45, 7) is 0. The van der Waals surface area contributed by atoms with Gasteiger partial charge in [0.1, 0.15) is 18.2 Å². The summed E-state index contributed by atoms with van der Waals surface area (Å²) in [7, 11) is 0. The highest BCUT2D eigenvalue weighted by molar-refractivity contribution is 5.76. The second-order valence-electron chi connectivity index (χ2n) is 5.33. The Morgan fingerprint density at radius 3 is 2.64 bits per heavy atom. The van der Waals surface area contributed by atoms with Crippen LogP contribution in [-0.2, 0) is 16.0 Å². The van der Waals surface area contributed by atoms with Crippen LogP contribution in [0.2, 0.25) is 0 Å². The molecule has 3 rings (SSSR count). The van der Waals surface area contributed by atoms with Crippen molar-refractivity contribution in [2.24, 2.45) is 0 Å². The summed E-state index contributed by atoms with van der Waals surface area (Å²) in [6, 6.07) is 8.44. The van der Waals surface area contributed by atoms with Crippen molar-refractivity contribution in [1.29, 1.82) is 5.26 Å². The quantitative estimate of drug-likeness (QED) is 0.857. The number of fused-ring (bicyclic) bond motifs is 1. The van der Waals surface area contributed by atoms with Crippen molar-refractivity contribution in [3.05, 3.63) is 47.4 Å². The molecule has 9 heteroatoms. The highest BCUT2D eigenvalue weighted by Gasteiger charge is 2.44. The molecule has 1 aliphatic carbocycles. The van der Waals surface area contributed by atoms with Crippen LogP contribution in [0.1, 0.15) is 29.3 Å². The van der Waals surface area contributed by atoms with E-state index in [1.165, 1.54) is 6.33 Å². The van der Waals surface area contributed by atoms with Crippen LogP contribution < -0.4 is 5.32 Å². The zero-order chi connectivity index (χ0) is 18.0. The molecule has 1 aromatic carbocycles. The lowest BCUT2D eigenvalue weighted by atomic mass is 10.2. The molecule has 0 amide bonds. The maximum Gasteiger partial charge on any atom is 0.490 e. The van der Waals surface area contributed by atoms with Gasteiger partial charge in [0.2, 0.25) is 0 Å². The molecule has 128 valence electrons. The summed E-state index contributed by atoms with van der Waals surface area (Å²) < 4.78 is 41.9. The zero-order valence-corrected chi connectivity index (χ0v) is 12.7. The Morgan fingerprint density at radius 1 is 1.28 bits per heavy atom. The number of nitrogens with one attached hydrogen (secondary N) is 1. The van der Waals surface area contributed by atoms with E-state index in [-0.39, 0.29) is 12.2 Å². The highest BCUT2D eigenvalue weighted by Crippen LogP contribution is 2.39. The fourth-order valence-corrected chi connectivity index (χ4v) is 2.56. The lowest BCUT2D eigenvalue weighted by molar-refractivity contribution is -0.205. The Kier molecular flexibility index (Phi) is 4.27. The second-order valence-corrected chi connectivity index (χ2v) is 5.33. The van der Waals surface area contributed by atoms with Crippen molar-refractivity contribution in [2.45, 2.75) is 25.1 Å². The van der Waals surface area contributed by atoms with Gasteiger partial charge in [-0.2, -0.15) is 18.4 Å². The van der Waals surface area contributed by atoms with Gasteiger partial charge in [0.25, 0.3) is 0 Å². The van der Waals surface area contributed by atoms with Gasteiger partial charge in [0.15, 0.2) is 0 Å². The first kappa shape index (κ1) is 16.7. The monoisotopic (exact) mass is 348 g/mol. The van der Waals surface area contributed by atoms with Gasteiger partial charge in [-0.15, -0.1) is 0 Å². The first-order valence-electron chi connectivity index (χ1n) is 7.27. The van der Waals surface area contributed by atoms with Gasteiger partial charge in [-0.3, -0.25) is 0 Å². The van der Waals surface area contributed by atoms with Gasteiger partial charge < -0.3 is 10.1 Å². The number of nitrogens with zero attached hydrogens (tertiary/aromatic N) is 3. The van der Waals surface area contributed by atoms with E-state index in [1.807, 2.05) is 6.07 Å². The summed E-state index contributed by atoms with van der Waals surface area (Å²) >= 11 is 0. The highest BCUT2D eigenvalue weighted by atomic mass is 19.4. The van der Waals surface area contributed by atoms with Gasteiger partial charge >= 0.3 is 12.1 Å². The Bertz CT molecular complexity index is 844. The third-order valence-electron chi connectivity index (χ3n) is 3.69. The topological polar surface area (TPSA) is 87.9 Å². The first-order valence-corrected chi connectivity index (χ1v) is 7.27. The molecule has 1 atom stereocenters. The van der Waals surface area contributed by atoms with Gasteiger partial charge in [-0.05, 0) is 37.1 Å². The Hall–Kier alpha value is -3.15. The number of aryl methyl sites for hydroxylation is 1. The number of ether oxygens (including phenoxy) is 1. The fourth-order valence-electron chi connectivity index (χ4n) is 2.56. The normalized spacial score (nSPS) is 16.0. The molecule has 0 fully saturated rings. The summed E-state index contributed by atoms with van der Waals surface area (Å²) in [5, 5.41) is 11.8. The molecule has 0 radical (unpaired) electrons. The number of aromatic nitrogens is 2. The van der Waals surface area contributed by atoms with Gasteiger partial charge in [-0.1, -0.05) is 0 Å². The van der Waals surface area contributed by atoms with E-state index < -0.39 is 18.2 Å². The Morgan fingerprint density at radius 2 is 2.00 bits per heavy atom. The largest absolute Gasteiger partial charge is 0.490 e. The van der Waals surface area contributed by atoms with Crippen LogP contribution in [0.5, 0.6) is 0 Å². The maximum absolute atomic E-state index is 12.4. The molecular weight excluding hydrogens is 337 g/mol. The van der Waals surface area contributed by atoms with Gasteiger partial charge in [0, 0.05) is 5.69 Å². The molecule has 25 heavy (non-hydrogen) atoms. The number of hydrogen-bond acceptors (Lipinski definition) is 6. The molecule has 1 heterocycles. The molecule has 0 saturated carbocycles. The third kappa shape index (κ3) is 3.52. The van der Waals surface area contributed by atoms with Crippen molar-refractivity contribution in [3.63, 3.8) is 0 Å². The molecule has 0 aliphatic heterocycles. The van der Waals surface area contributed by atoms with Crippen molar-refractivity contribution in [1.82, 2.24) is 9.97 Å². The molecule has 2 aromatic rings. The molecular formula is C16H11F3N4O2. The fraction of sp³-hybridized carbons (Fsp3) is 0.250. The van der Waals surface area contributed by atoms with E-state index >= 15 is 0 Å². The van der Waals surface area contributed by atoms with Gasteiger partial charge in [0.05, 0.1) is 22.9 Å². The predicted molar refractivity (Wildman–Crippen MR) is 79.7 cm³/mol. The minimum atomic E-state index is -5.06. The smallest absolute Gasteiger partial charge is 0.451 e. The molecule has 1 unspecified atom stereocenters. The predicted octanol–water partition coefficient (Wildman–Crippen LogP) is 3.18. The minimum absolute atomic E-state index is 0.206. The number of alkyl halides is 3. The summed E-state index contributed by atoms with van der Waals surface area (Å²) in [6.07, 6.45) is -4.24. The number of anilines is 2. The standard InChI is InChI=1S/C16H11F3N4O2/c17-16(18,19)15(24)25-12-6-5-11-13(12)14(22-8-21-11)23-10-3-1-9(7-20)2-4-10/h1-4,8,12H,5-6H2,(H,21,22,23). The SMILES string of the molecule is N#Cc1ccc(Nc2ncnc3c2C(OC(=O)C(F)(F)F)CC3)cc1. The molecule has 6 nitrogen and oxygen atoms in total. The van der Waals surface area contributed by atoms with Crippen molar-refractivity contribution in [2.75, 3.05) is 5.32 Å². The zero-order valence-electron chi connectivity index (χ0n) is 12.7. The van der Waals surface area contributed by atoms with E-state index in [2.05, 4.69) is 20.0 Å². The van der Waals surface area contributed by atoms with Crippen LogP contribution in [-0.4, -0.2) is 22.1 Å². The molecule has 1 N–H and O–H groups in total. The van der Waals surface area contributed by atoms with E-state index in [0.29, 0.717) is 28.9 Å². The van der Waals surface area contributed by atoms with Crippen LogP contribution in [0, 0.1) is 11.3 Å². The number of halogens is 3. The number of hydrogen-bond donors (Lipinski definition) is 1. The molecule has 1 aliphatic rings. The van der Waals surface area contributed by atoms with Crippen LogP contribution >= 0.6 is 0 Å². The van der Waals surface area contributed by atoms with Crippen molar-refractivity contribution in [3.8, 4) is 6.07 Å². The van der Waals surface area contributed by atoms with E-state index in [0.717, 1.165) is 0 Å². The average molecular weight is 348 g/mol. The number of carbonyl (C=O) groups excluding carboxylic acids is 1. The van der Waals surface area contributed by atoms with Crippen LogP contribution in [0.4, 0.5) is 24.7 Å². The Labute approximate surface area is 140 Å². The lowest BCUT2D eigenvalue weighted by Crippen LogP contribution is -2.26.